The normalized spacial score (nSPS) is 14.6. The first-order valence-corrected chi connectivity index (χ1v) is 11.1. The van der Waals surface area contributed by atoms with Gasteiger partial charge in [-0.3, -0.25) is 4.79 Å². The molecule has 0 radical (unpaired) electrons. The van der Waals surface area contributed by atoms with E-state index in [2.05, 4.69) is 10.1 Å². The fraction of sp³-hybridized carbons (Fsp3) is 0.526. The number of nitrogens with one attached hydrogen (secondary N) is 2. The summed E-state index contributed by atoms with van der Waals surface area (Å²) in [6.45, 7) is 3.16. The van der Waals surface area contributed by atoms with E-state index in [0.29, 0.717) is 12.0 Å². The molecular weight excluding hydrogens is 457 g/mol. The van der Waals surface area contributed by atoms with E-state index in [0.717, 1.165) is 7.11 Å². The summed E-state index contributed by atoms with van der Waals surface area (Å²) in [5.74, 6) is -4.73. The largest absolute Gasteiger partial charge is 0.497 e. The standard InChI is InChI=1S/C19H25F3N2O7S/c1-4-12(2)15(24-18(27)31-10-13-8-6-5-7-9-13)16(25)23-14(17(26)30-3)11-32(28,29)19(20,21)22/h5-9,12,14-15H,4,10-11H2,1-3H3,(H,23,25)(H,24,27)/t12?,14-,15-/m0/s1. The molecule has 0 heterocycles. The Morgan fingerprint density at radius 3 is 2.19 bits per heavy atom. The monoisotopic (exact) mass is 482 g/mol. The third-order valence-corrected chi connectivity index (χ3v) is 6.00. The van der Waals surface area contributed by atoms with E-state index >= 15 is 0 Å². The first-order chi connectivity index (χ1) is 14.8. The first kappa shape index (κ1) is 27.2. The quantitative estimate of drug-likeness (QED) is 0.488. The number of hydrogen-bond acceptors (Lipinski definition) is 7. The van der Waals surface area contributed by atoms with Crippen molar-refractivity contribution < 1.29 is 45.4 Å². The summed E-state index contributed by atoms with van der Waals surface area (Å²) in [7, 11) is -4.91. The van der Waals surface area contributed by atoms with Crippen LogP contribution in [0.3, 0.4) is 0 Å². The van der Waals surface area contributed by atoms with E-state index in [1.165, 1.54) is 0 Å². The third kappa shape index (κ3) is 8.02. The van der Waals surface area contributed by atoms with Gasteiger partial charge < -0.3 is 20.1 Å². The second kappa shape index (κ2) is 11.7. The van der Waals surface area contributed by atoms with E-state index in [1.54, 1.807) is 44.2 Å². The van der Waals surface area contributed by atoms with Crippen LogP contribution in [0, 0.1) is 5.92 Å². The van der Waals surface area contributed by atoms with Crippen LogP contribution in [0.25, 0.3) is 0 Å². The van der Waals surface area contributed by atoms with Crippen molar-refractivity contribution in [2.24, 2.45) is 5.92 Å². The molecule has 2 N–H and O–H groups in total. The Balaban J connectivity index is 2.93. The number of carbonyl (C=O) groups excluding carboxylic acids is 3. The highest BCUT2D eigenvalue weighted by Crippen LogP contribution is 2.24. The van der Waals surface area contributed by atoms with Gasteiger partial charge in [-0.2, -0.15) is 13.2 Å². The van der Waals surface area contributed by atoms with Crippen molar-refractivity contribution in [1.82, 2.24) is 10.6 Å². The molecule has 0 aliphatic carbocycles. The fourth-order valence-corrected chi connectivity index (χ4v) is 3.33. The number of ether oxygens (including phenoxy) is 2. The van der Waals surface area contributed by atoms with Gasteiger partial charge in [0.2, 0.25) is 15.7 Å². The van der Waals surface area contributed by atoms with Gasteiger partial charge in [-0.05, 0) is 11.5 Å². The minimum Gasteiger partial charge on any atom is -0.467 e. The SMILES string of the molecule is CCC(C)[C@H](NC(=O)OCc1ccccc1)C(=O)N[C@@H](CS(=O)(=O)C(F)(F)F)C(=O)OC. The fourth-order valence-electron chi connectivity index (χ4n) is 2.48. The lowest BCUT2D eigenvalue weighted by molar-refractivity contribution is -0.144. The molecule has 1 aromatic rings. The van der Waals surface area contributed by atoms with Crippen LogP contribution in [-0.2, 0) is 35.5 Å². The van der Waals surface area contributed by atoms with Crippen molar-refractivity contribution in [3.05, 3.63) is 35.9 Å². The Kier molecular flexibility index (Phi) is 9.94. The minimum atomic E-state index is -5.74. The summed E-state index contributed by atoms with van der Waals surface area (Å²) in [6.07, 6.45) is -0.618. The topological polar surface area (TPSA) is 128 Å². The molecule has 0 aliphatic rings. The molecule has 0 aliphatic heterocycles. The highest BCUT2D eigenvalue weighted by molar-refractivity contribution is 7.92. The van der Waals surface area contributed by atoms with Crippen LogP contribution in [0.2, 0.25) is 0 Å². The van der Waals surface area contributed by atoms with Crippen LogP contribution >= 0.6 is 0 Å². The molecular formula is C19H25F3N2O7S. The van der Waals surface area contributed by atoms with Crippen LogP contribution in [0.15, 0.2) is 30.3 Å². The number of amides is 2. The number of alkyl halides is 3. The maximum absolute atomic E-state index is 12.7. The highest BCUT2D eigenvalue weighted by atomic mass is 32.2. The average Bonchev–Trinajstić information content (AvgIpc) is 2.74. The molecule has 2 amide bonds. The zero-order valence-electron chi connectivity index (χ0n) is 17.6. The number of hydrogen-bond donors (Lipinski definition) is 2. The van der Waals surface area contributed by atoms with E-state index in [-0.39, 0.29) is 6.61 Å². The lowest BCUT2D eigenvalue weighted by atomic mass is 9.98. The summed E-state index contributed by atoms with van der Waals surface area (Å²) in [5.41, 5.74) is -4.95. The van der Waals surface area contributed by atoms with E-state index in [4.69, 9.17) is 4.74 Å². The van der Waals surface area contributed by atoms with Gasteiger partial charge in [-0.25, -0.2) is 18.0 Å². The molecule has 1 unspecified atom stereocenters. The molecule has 0 bridgehead atoms. The smallest absolute Gasteiger partial charge is 0.467 e. The number of alkyl carbamates (subject to hydrolysis) is 1. The number of esters is 1. The van der Waals surface area contributed by atoms with Crippen LogP contribution in [0.5, 0.6) is 0 Å². The van der Waals surface area contributed by atoms with Crippen LogP contribution < -0.4 is 10.6 Å². The summed E-state index contributed by atoms with van der Waals surface area (Å²) in [4.78, 5) is 36.6. The zero-order valence-corrected chi connectivity index (χ0v) is 18.5. The van der Waals surface area contributed by atoms with Gasteiger partial charge in [0.15, 0.2) is 0 Å². The Morgan fingerprint density at radius 2 is 1.69 bits per heavy atom. The number of methoxy groups -OCH3 is 1. The molecule has 0 saturated carbocycles. The molecule has 180 valence electrons. The number of rotatable bonds is 10. The second-order valence-corrected chi connectivity index (χ2v) is 8.91. The molecule has 1 rings (SSSR count). The van der Waals surface area contributed by atoms with Crippen molar-refractivity contribution in [2.75, 3.05) is 12.9 Å². The molecule has 13 heteroatoms. The molecule has 0 spiro atoms. The summed E-state index contributed by atoms with van der Waals surface area (Å²) in [6, 6.07) is 5.19. The number of benzene rings is 1. The summed E-state index contributed by atoms with van der Waals surface area (Å²) < 4.78 is 70.4. The van der Waals surface area contributed by atoms with Crippen molar-refractivity contribution in [3.8, 4) is 0 Å². The van der Waals surface area contributed by atoms with Gasteiger partial charge in [0.05, 0.1) is 12.9 Å². The Hall–Kier alpha value is -2.83. The molecule has 0 aromatic heterocycles. The van der Waals surface area contributed by atoms with Gasteiger partial charge in [-0.1, -0.05) is 50.6 Å². The van der Waals surface area contributed by atoms with Crippen LogP contribution in [0.4, 0.5) is 18.0 Å². The molecule has 1 aromatic carbocycles. The van der Waals surface area contributed by atoms with E-state index < -0.39 is 57.1 Å². The summed E-state index contributed by atoms with van der Waals surface area (Å²) in [5, 5.41) is 4.22. The van der Waals surface area contributed by atoms with Gasteiger partial charge in [0, 0.05) is 0 Å². The van der Waals surface area contributed by atoms with Crippen molar-refractivity contribution in [3.63, 3.8) is 0 Å². The number of sulfone groups is 1. The van der Waals surface area contributed by atoms with Crippen molar-refractivity contribution >= 4 is 27.8 Å². The van der Waals surface area contributed by atoms with Gasteiger partial charge >= 0.3 is 17.6 Å². The zero-order chi connectivity index (χ0) is 24.5. The molecule has 0 saturated heterocycles. The number of halogens is 3. The Labute approximate surface area is 183 Å². The maximum Gasteiger partial charge on any atom is 0.497 e. The molecule has 0 fully saturated rings. The predicted octanol–water partition coefficient (Wildman–Crippen LogP) is 1.92. The van der Waals surface area contributed by atoms with Crippen molar-refractivity contribution in [1.29, 1.82) is 0 Å². The van der Waals surface area contributed by atoms with E-state index in [9.17, 15) is 36.0 Å². The van der Waals surface area contributed by atoms with Gasteiger partial charge in [0.25, 0.3) is 0 Å². The van der Waals surface area contributed by atoms with Crippen molar-refractivity contribution in [2.45, 2.75) is 44.5 Å². The minimum absolute atomic E-state index is 0.101. The molecule has 9 nitrogen and oxygen atoms in total. The summed E-state index contributed by atoms with van der Waals surface area (Å²) >= 11 is 0. The Morgan fingerprint density at radius 1 is 1.09 bits per heavy atom. The van der Waals surface area contributed by atoms with Gasteiger partial charge in [-0.15, -0.1) is 0 Å². The third-order valence-electron chi connectivity index (χ3n) is 4.52. The lowest BCUT2D eigenvalue weighted by Crippen LogP contribution is -2.56. The second-order valence-electron chi connectivity index (χ2n) is 6.88. The highest BCUT2D eigenvalue weighted by Gasteiger charge is 2.48. The van der Waals surface area contributed by atoms with Gasteiger partial charge in [0.1, 0.15) is 18.7 Å². The molecule has 3 atom stereocenters. The Bertz CT molecular complexity index is 892. The average molecular weight is 482 g/mol. The predicted molar refractivity (Wildman–Crippen MR) is 107 cm³/mol. The lowest BCUT2D eigenvalue weighted by Gasteiger charge is -2.25. The first-order valence-electron chi connectivity index (χ1n) is 9.46. The molecule has 32 heavy (non-hydrogen) atoms. The van der Waals surface area contributed by atoms with Crippen LogP contribution in [0.1, 0.15) is 25.8 Å². The number of carbonyl (C=O) groups is 3. The maximum atomic E-state index is 12.7. The van der Waals surface area contributed by atoms with Crippen LogP contribution in [-0.4, -0.2) is 56.8 Å². The van der Waals surface area contributed by atoms with E-state index in [1.807, 2.05) is 5.32 Å².